The summed E-state index contributed by atoms with van der Waals surface area (Å²) >= 11 is 0. The lowest BCUT2D eigenvalue weighted by Crippen LogP contribution is -2.48. The Morgan fingerprint density at radius 1 is 1.00 bits per heavy atom. The first-order valence-corrected chi connectivity index (χ1v) is 12.2. The molecule has 1 aliphatic rings. The molecule has 1 heterocycles. The van der Waals surface area contributed by atoms with Gasteiger partial charge in [0, 0.05) is 25.6 Å². The molecule has 1 saturated heterocycles. The fourth-order valence-corrected chi connectivity index (χ4v) is 4.16. The van der Waals surface area contributed by atoms with E-state index in [1.165, 1.54) is 57.9 Å². The van der Waals surface area contributed by atoms with E-state index in [1.54, 1.807) is 0 Å². The molecule has 1 aliphatic heterocycles. The van der Waals surface area contributed by atoms with Gasteiger partial charge in [-0.3, -0.25) is 9.69 Å². The number of morpholine rings is 1. The molecule has 0 aliphatic carbocycles. The van der Waals surface area contributed by atoms with Crippen LogP contribution in [-0.4, -0.2) is 49.7 Å². The van der Waals surface area contributed by atoms with E-state index in [0.717, 1.165) is 44.9 Å². The summed E-state index contributed by atoms with van der Waals surface area (Å²) in [5.74, 6) is 1.22. The first-order valence-electron chi connectivity index (χ1n) is 12.2. The van der Waals surface area contributed by atoms with Gasteiger partial charge in [-0.05, 0) is 31.7 Å². The van der Waals surface area contributed by atoms with Crippen molar-refractivity contribution in [3.8, 4) is 0 Å². The van der Waals surface area contributed by atoms with E-state index in [1.807, 2.05) is 6.92 Å². The maximum atomic E-state index is 12.2. The molecule has 0 saturated carbocycles. The van der Waals surface area contributed by atoms with Gasteiger partial charge < -0.3 is 10.1 Å². The summed E-state index contributed by atoms with van der Waals surface area (Å²) in [5.41, 5.74) is 0. The number of ether oxygens (including phenoxy) is 1. The smallest absolute Gasteiger partial charge is 0.222 e. The van der Waals surface area contributed by atoms with Gasteiger partial charge in [-0.2, -0.15) is 0 Å². The second-order valence-electron chi connectivity index (χ2n) is 8.87. The van der Waals surface area contributed by atoms with E-state index in [9.17, 15) is 4.79 Å². The number of rotatable bonds is 16. The van der Waals surface area contributed by atoms with Crippen molar-refractivity contribution in [2.24, 2.45) is 11.8 Å². The maximum absolute atomic E-state index is 12.2. The van der Waals surface area contributed by atoms with Gasteiger partial charge in [-0.15, -0.1) is 0 Å². The van der Waals surface area contributed by atoms with Crippen molar-refractivity contribution in [2.75, 3.05) is 32.8 Å². The summed E-state index contributed by atoms with van der Waals surface area (Å²) in [6.07, 6.45) is 14.3. The molecule has 0 aromatic carbocycles. The highest BCUT2D eigenvalue weighted by atomic mass is 16.5. The average Bonchev–Trinajstić information content (AvgIpc) is 2.72. The number of hydrogen-bond donors (Lipinski definition) is 1. The highest BCUT2D eigenvalue weighted by Gasteiger charge is 2.22. The Balaban J connectivity index is 2.25. The van der Waals surface area contributed by atoms with E-state index in [4.69, 9.17) is 4.74 Å². The second kappa shape index (κ2) is 16.2. The number of carbonyl (C=O) groups excluding carboxylic acids is 1. The lowest BCUT2D eigenvalue weighted by Gasteiger charge is -2.33. The molecule has 0 bridgehead atoms. The number of unbranched alkanes of at least 4 members (excludes halogenated alkanes) is 3. The molecule has 166 valence electrons. The third kappa shape index (κ3) is 11.4. The van der Waals surface area contributed by atoms with E-state index >= 15 is 0 Å². The molecule has 1 fully saturated rings. The number of nitrogens with one attached hydrogen (secondary N) is 1. The minimum atomic E-state index is 0.114. The molecular weight excluding hydrogens is 348 g/mol. The highest BCUT2D eigenvalue weighted by Crippen LogP contribution is 2.22. The van der Waals surface area contributed by atoms with Crippen molar-refractivity contribution in [1.82, 2.24) is 10.2 Å². The van der Waals surface area contributed by atoms with Crippen LogP contribution in [0.25, 0.3) is 0 Å². The Morgan fingerprint density at radius 3 is 2.25 bits per heavy atom. The standard InChI is InChI=1S/C24H48N2O2/c1-5-8-12-21(4)24(27)25-19-23-20-26(17-18-28-23)16-11-15-22(13-9-6-2)14-10-7-3/h21-23H,5-20H2,1-4H3,(H,25,27)/t21?,23-/m0/s1. The molecule has 2 atom stereocenters. The summed E-state index contributed by atoms with van der Waals surface area (Å²) in [5, 5.41) is 3.11. The number of nitrogens with zero attached hydrogens (tertiary/aromatic N) is 1. The average molecular weight is 397 g/mol. The van der Waals surface area contributed by atoms with Crippen LogP contribution in [-0.2, 0) is 9.53 Å². The lowest BCUT2D eigenvalue weighted by atomic mass is 9.91. The van der Waals surface area contributed by atoms with Gasteiger partial charge in [0.25, 0.3) is 0 Å². The van der Waals surface area contributed by atoms with E-state index in [-0.39, 0.29) is 17.9 Å². The zero-order valence-electron chi connectivity index (χ0n) is 19.3. The van der Waals surface area contributed by atoms with Crippen LogP contribution in [0.3, 0.4) is 0 Å². The van der Waals surface area contributed by atoms with Crippen LogP contribution in [0, 0.1) is 11.8 Å². The molecule has 0 spiro atoms. The molecule has 1 amide bonds. The maximum Gasteiger partial charge on any atom is 0.222 e. The van der Waals surface area contributed by atoms with Crippen LogP contribution in [0.4, 0.5) is 0 Å². The molecule has 0 aromatic rings. The molecule has 1 unspecified atom stereocenters. The number of amides is 1. The van der Waals surface area contributed by atoms with E-state index < -0.39 is 0 Å². The monoisotopic (exact) mass is 396 g/mol. The van der Waals surface area contributed by atoms with Gasteiger partial charge in [0.2, 0.25) is 5.91 Å². The van der Waals surface area contributed by atoms with Gasteiger partial charge in [-0.1, -0.05) is 79.1 Å². The topological polar surface area (TPSA) is 41.6 Å². The third-order valence-electron chi connectivity index (χ3n) is 6.18. The Hall–Kier alpha value is -0.610. The summed E-state index contributed by atoms with van der Waals surface area (Å²) in [6, 6.07) is 0. The van der Waals surface area contributed by atoms with E-state index in [2.05, 4.69) is 31.0 Å². The van der Waals surface area contributed by atoms with Crippen LogP contribution in [0.1, 0.15) is 98.3 Å². The summed E-state index contributed by atoms with van der Waals surface area (Å²) in [6.45, 7) is 13.4. The molecular formula is C24H48N2O2. The quantitative estimate of drug-likeness (QED) is 0.379. The first kappa shape index (κ1) is 25.4. The number of carbonyl (C=O) groups is 1. The van der Waals surface area contributed by atoms with Crippen LogP contribution in [0.15, 0.2) is 0 Å². The largest absolute Gasteiger partial charge is 0.374 e. The van der Waals surface area contributed by atoms with Crippen LogP contribution >= 0.6 is 0 Å². The fourth-order valence-electron chi connectivity index (χ4n) is 4.16. The fraction of sp³-hybridized carbons (Fsp3) is 0.958. The van der Waals surface area contributed by atoms with Crippen molar-refractivity contribution in [3.63, 3.8) is 0 Å². The lowest BCUT2D eigenvalue weighted by molar-refractivity contribution is -0.125. The molecule has 4 heteroatoms. The van der Waals surface area contributed by atoms with Crippen molar-refractivity contribution >= 4 is 5.91 Å². The van der Waals surface area contributed by atoms with Gasteiger partial charge in [0.15, 0.2) is 0 Å². The Labute approximate surface area is 175 Å². The summed E-state index contributed by atoms with van der Waals surface area (Å²) in [4.78, 5) is 14.8. The van der Waals surface area contributed by atoms with Crippen LogP contribution in [0.5, 0.6) is 0 Å². The summed E-state index contributed by atoms with van der Waals surface area (Å²) in [7, 11) is 0. The Bertz CT molecular complexity index is 381. The van der Waals surface area contributed by atoms with Gasteiger partial charge >= 0.3 is 0 Å². The zero-order chi connectivity index (χ0) is 20.6. The molecule has 4 nitrogen and oxygen atoms in total. The minimum Gasteiger partial charge on any atom is -0.374 e. The van der Waals surface area contributed by atoms with Crippen molar-refractivity contribution in [1.29, 1.82) is 0 Å². The molecule has 0 radical (unpaired) electrons. The molecule has 28 heavy (non-hydrogen) atoms. The SMILES string of the molecule is CCCCC(CCCC)CCCN1CCO[C@@H](CNC(=O)C(C)CCCC)C1. The van der Waals surface area contributed by atoms with E-state index in [0.29, 0.717) is 6.54 Å². The second-order valence-corrected chi connectivity index (χ2v) is 8.87. The predicted octanol–water partition coefficient (Wildman–Crippen LogP) is 5.41. The minimum absolute atomic E-state index is 0.114. The van der Waals surface area contributed by atoms with Gasteiger partial charge in [-0.25, -0.2) is 0 Å². The Kier molecular flexibility index (Phi) is 14.7. The van der Waals surface area contributed by atoms with Gasteiger partial charge in [0.1, 0.15) is 0 Å². The molecule has 1 rings (SSSR count). The molecule has 1 N–H and O–H groups in total. The van der Waals surface area contributed by atoms with Crippen molar-refractivity contribution in [2.45, 2.75) is 104 Å². The van der Waals surface area contributed by atoms with Crippen LogP contribution < -0.4 is 5.32 Å². The highest BCUT2D eigenvalue weighted by molar-refractivity contribution is 5.78. The van der Waals surface area contributed by atoms with Crippen molar-refractivity contribution in [3.05, 3.63) is 0 Å². The Morgan fingerprint density at radius 2 is 1.61 bits per heavy atom. The predicted molar refractivity (Wildman–Crippen MR) is 120 cm³/mol. The number of hydrogen-bond acceptors (Lipinski definition) is 3. The van der Waals surface area contributed by atoms with Gasteiger partial charge in [0.05, 0.1) is 12.7 Å². The van der Waals surface area contributed by atoms with Crippen LogP contribution in [0.2, 0.25) is 0 Å². The zero-order valence-corrected chi connectivity index (χ0v) is 19.3. The summed E-state index contributed by atoms with van der Waals surface area (Å²) < 4.78 is 5.90. The molecule has 0 aromatic heterocycles. The first-order chi connectivity index (χ1) is 13.6. The normalized spacial score (nSPS) is 19.1. The van der Waals surface area contributed by atoms with Crippen molar-refractivity contribution < 1.29 is 9.53 Å². The third-order valence-corrected chi connectivity index (χ3v) is 6.18.